The fraction of sp³-hybridized carbons (Fsp3) is 0. The van der Waals surface area contributed by atoms with Gasteiger partial charge in [-0.1, -0.05) is 6.07 Å². The Kier molecular flexibility index (Phi) is 2.53. The van der Waals surface area contributed by atoms with E-state index in [1.165, 1.54) is 5.56 Å². The highest BCUT2D eigenvalue weighted by Gasteiger charge is 1.90. The molecule has 2 heterocycles. The van der Waals surface area contributed by atoms with E-state index >= 15 is 0 Å². The summed E-state index contributed by atoms with van der Waals surface area (Å²) in [5.74, 6) is 0. The van der Waals surface area contributed by atoms with Crippen LogP contribution in [-0.2, 0) is 0 Å². The molecule has 0 aliphatic carbocycles. The van der Waals surface area contributed by atoms with Gasteiger partial charge in [-0.05, 0) is 22.4 Å². The Morgan fingerprint density at radius 2 is 2.00 bits per heavy atom. The fourth-order valence-electron chi connectivity index (χ4n) is 1.05. The lowest BCUT2D eigenvalue weighted by Crippen LogP contribution is -2.23. The largest absolute Gasteiger partial charge is 0.175 e. The molecule has 0 N–H and O–H groups in total. The lowest BCUT2D eigenvalue weighted by atomic mass is 10.3. The first-order valence-electron chi connectivity index (χ1n) is 4.11. The minimum absolute atomic E-state index is 1.25. The number of hydrogen-bond acceptors (Lipinski definition) is 1. The molecule has 0 aromatic carbocycles. The molecule has 0 amide bonds. The van der Waals surface area contributed by atoms with Crippen LogP contribution in [0.15, 0.2) is 47.4 Å². The highest BCUT2D eigenvalue weighted by molar-refractivity contribution is 7.08. The zero-order valence-electron chi connectivity index (χ0n) is 7.13. The van der Waals surface area contributed by atoms with Crippen molar-refractivity contribution in [2.45, 2.75) is 0 Å². The average Bonchev–Trinajstić information content (AvgIpc) is 2.69. The van der Waals surface area contributed by atoms with Gasteiger partial charge in [0.05, 0.1) is 0 Å². The lowest BCUT2D eigenvalue weighted by molar-refractivity contribution is -0.567. The van der Waals surface area contributed by atoms with E-state index in [1.807, 2.05) is 41.4 Å². The van der Waals surface area contributed by atoms with Crippen LogP contribution in [0.5, 0.6) is 0 Å². The summed E-state index contributed by atoms with van der Waals surface area (Å²) in [6.07, 6.45) is 8.17. The van der Waals surface area contributed by atoms with Gasteiger partial charge in [-0.3, -0.25) is 0 Å². The zero-order chi connectivity index (χ0) is 8.93. The second kappa shape index (κ2) is 4.01. The molecule has 0 unspecified atom stereocenters. The first-order chi connectivity index (χ1) is 6.45. The van der Waals surface area contributed by atoms with Gasteiger partial charge in [0.1, 0.15) is 0 Å². The van der Waals surface area contributed by atoms with E-state index in [1.54, 1.807) is 11.3 Å². The summed E-state index contributed by atoms with van der Waals surface area (Å²) in [7, 11) is 0. The van der Waals surface area contributed by atoms with Gasteiger partial charge in [-0.2, -0.15) is 15.9 Å². The Hall–Kier alpha value is -1.41. The molecule has 0 aliphatic rings. The summed E-state index contributed by atoms with van der Waals surface area (Å²) in [4.78, 5) is 0. The van der Waals surface area contributed by atoms with E-state index in [-0.39, 0.29) is 0 Å². The van der Waals surface area contributed by atoms with Gasteiger partial charge in [0, 0.05) is 18.2 Å². The van der Waals surface area contributed by atoms with E-state index in [2.05, 4.69) is 22.9 Å². The molecule has 0 fully saturated rings. The predicted octanol–water partition coefficient (Wildman–Crippen LogP) is 2.66. The van der Waals surface area contributed by atoms with Crippen LogP contribution in [0.2, 0.25) is 0 Å². The first-order valence-corrected chi connectivity index (χ1v) is 5.05. The summed E-state index contributed by atoms with van der Waals surface area (Å²) in [6, 6.07) is 8.13. The Morgan fingerprint density at radius 3 is 2.69 bits per heavy atom. The first kappa shape index (κ1) is 8.20. The number of hydrogen-bond donors (Lipinski definition) is 0. The molecule has 0 atom stereocenters. The molecule has 64 valence electrons. The topological polar surface area (TPSA) is 3.88 Å². The molecule has 0 bridgehead atoms. The molecule has 0 aliphatic heterocycles. The highest BCUT2D eigenvalue weighted by Crippen LogP contribution is 2.06. The van der Waals surface area contributed by atoms with Crippen LogP contribution in [-0.4, -0.2) is 0 Å². The third-order valence-electron chi connectivity index (χ3n) is 1.72. The highest BCUT2D eigenvalue weighted by atomic mass is 32.1. The normalized spacial score (nSPS) is 10.8. The summed E-state index contributed by atoms with van der Waals surface area (Å²) in [6.45, 7) is 0. The van der Waals surface area contributed by atoms with Gasteiger partial charge in [0.2, 0.25) is 0 Å². The van der Waals surface area contributed by atoms with Crippen molar-refractivity contribution in [2.75, 3.05) is 0 Å². The quantitative estimate of drug-likeness (QED) is 0.638. The van der Waals surface area contributed by atoms with E-state index < -0.39 is 0 Å². The van der Waals surface area contributed by atoms with E-state index in [0.717, 1.165) is 0 Å². The smallest absolute Gasteiger partial charge is 0.174 e. The van der Waals surface area contributed by atoms with Crippen molar-refractivity contribution in [1.29, 1.82) is 0 Å². The molecular weight excluding hydrogens is 178 g/mol. The molecule has 1 nitrogen and oxygen atoms in total. The van der Waals surface area contributed by atoms with Gasteiger partial charge in [0.25, 0.3) is 0 Å². The SMILES string of the molecule is C(=C\[n+]1ccccc1)/c1ccsc1. The second-order valence-electron chi connectivity index (χ2n) is 2.70. The third-order valence-corrected chi connectivity index (χ3v) is 2.42. The fourth-order valence-corrected chi connectivity index (χ4v) is 1.68. The van der Waals surface area contributed by atoms with Crippen molar-refractivity contribution >= 4 is 23.6 Å². The van der Waals surface area contributed by atoms with Crippen molar-refractivity contribution in [3.63, 3.8) is 0 Å². The molecular formula is C11H10NS+. The van der Waals surface area contributed by atoms with Crippen LogP contribution < -0.4 is 4.57 Å². The van der Waals surface area contributed by atoms with Gasteiger partial charge >= 0.3 is 0 Å². The maximum Gasteiger partial charge on any atom is 0.175 e. The molecule has 0 spiro atoms. The number of nitrogens with zero attached hydrogens (tertiary/aromatic N) is 1. The molecule has 0 saturated carbocycles. The molecule has 0 radical (unpaired) electrons. The monoisotopic (exact) mass is 188 g/mol. The second-order valence-corrected chi connectivity index (χ2v) is 3.48. The Bertz CT molecular complexity index is 376. The average molecular weight is 188 g/mol. The van der Waals surface area contributed by atoms with Gasteiger partial charge in [-0.15, -0.1) is 0 Å². The Labute approximate surface area is 81.6 Å². The Balaban J connectivity index is 2.15. The summed E-state index contributed by atoms with van der Waals surface area (Å²) >= 11 is 1.71. The van der Waals surface area contributed by atoms with Gasteiger partial charge in [0.15, 0.2) is 18.6 Å². The molecule has 2 aromatic heterocycles. The van der Waals surface area contributed by atoms with Crippen LogP contribution >= 0.6 is 11.3 Å². The van der Waals surface area contributed by atoms with Crippen LogP contribution in [0.1, 0.15) is 5.56 Å². The van der Waals surface area contributed by atoms with Gasteiger partial charge < -0.3 is 0 Å². The maximum absolute atomic E-state index is 2.12. The minimum Gasteiger partial charge on any atom is -0.174 e. The van der Waals surface area contributed by atoms with Crippen molar-refractivity contribution in [2.24, 2.45) is 0 Å². The number of aromatic nitrogens is 1. The molecule has 2 rings (SSSR count). The summed E-state index contributed by atoms with van der Waals surface area (Å²) < 4.78 is 2.03. The predicted molar refractivity (Wildman–Crippen MR) is 56.2 cm³/mol. The number of thiophene rings is 1. The van der Waals surface area contributed by atoms with E-state index in [9.17, 15) is 0 Å². The van der Waals surface area contributed by atoms with Crippen LogP contribution in [0.3, 0.4) is 0 Å². The van der Waals surface area contributed by atoms with Gasteiger partial charge in [-0.25, -0.2) is 0 Å². The standard InChI is InChI=1S/C11H10NS/c1-2-6-12(7-3-1)8-4-11-5-9-13-10-11/h1-10H/q+1/b8-4+. The zero-order valence-corrected chi connectivity index (χ0v) is 7.95. The van der Waals surface area contributed by atoms with Crippen molar-refractivity contribution in [3.8, 4) is 0 Å². The minimum atomic E-state index is 1.25. The van der Waals surface area contributed by atoms with Crippen molar-refractivity contribution in [1.82, 2.24) is 0 Å². The summed E-state index contributed by atoms with van der Waals surface area (Å²) in [5.41, 5.74) is 1.25. The Morgan fingerprint density at radius 1 is 1.15 bits per heavy atom. The summed E-state index contributed by atoms with van der Waals surface area (Å²) in [5, 5.41) is 4.20. The van der Waals surface area contributed by atoms with E-state index in [0.29, 0.717) is 0 Å². The molecule has 2 aromatic rings. The number of pyridine rings is 1. The van der Waals surface area contributed by atoms with Crippen LogP contribution in [0, 0.1) is 0 Å². The molecule has 13 heavy (non-hydrogen) atoms. The van der Waals surface area contributed by atoms with Crippen molar-refractivity contribution < 1.29 is 4.57 Å². The lowest BCUT2D eigenvalue weighted by Gasteiger charge is -1.84. The third kappa shape index (κ3) is 2.26. The maximum atomic E-state index is 2.12. The van der Waals surface area contributed by atoms with Crippen molar-refractivity contribution in [3.05, 3.63) is 53.0 Å². The van der Waals surface area contributed by atoms with Crippen LogP contribution in [0.25, 0.3) is 12.3 Å². The van der Waals surface area contributed by atoms with Crippen LogP contribution in [0.4, 0.5) is 0 Å². The number of rotatable bonds is 2. The van der Waals surface area contributed by atoms with E-state index in [4.69, 9.17) is 0 Å². The molecule has 0 saturated heterocycles. The molecule has 2 heteroatoms.